The summed E-state index contributed by atoms with van der Waals surface area (Å²) in [6, 6.07) is 8.06. The minimum absolute atomic E-state index is 0.0405. The second-order valence-corrected chi connectivity index (χ2v) is 8.38. The Balaban J connectivity index is 1.29. The predicted molar refractivity (Wildman–Crippen MR) is 123 cm³/mol. The van der Waals surface area contributed by atoms with Crippen LogP contribution in [0.25, 0.3) is 11.0 Å². The molecule has 0 aromatic carbocycles. The zero-order valence-corrected chi connectivity index (χ0v) is 18.6. The monoisotopic (exact) mass is 421 g/mol. The van der Waals surface area contributed by atoms with Gasteiger partial charge in [-0.3, -0.25) is 14.8 Å². The van der Waals surface area contributed by atoms with E-state index >= 15 is 0 Å². The maximum Gasteiger partial charge on any atom is 0.251 e. The lowest BCUT2D eigenvalue weighted by Gasteiger charge is -2.32. The van der Waals surface area contributed by atoms with E-state index in [-0.39, 0.29) is 5.56 Å². The van der Waals surface area contributed by atoms with Gasteiger partial charge < -0.3 is 19.5 Å². The number of methoxy groups -OCH3 is 1. The Bertz CT molecular complexity index is 1100. The van der Waals surface area contributed by atoms with E-state index in [1.165, 1.54) is 0 Å². The van der Waals surface area contributed by atoms with Crippen LogP contribution in [0.2, 0.25) is 0 Å². The minimum Gasteiger partial charge on any atom is -0.495 e. The molecule has 7 nitrogen and oxygen atoms in total. The quantitative estimate of drug-likeness (QED) is 0.632. The van der Waals surface area contributed by atoms with Crippen molar-refractivity contribution >= 4 is 11.0 Å². The van der Waals surface area contributed by atoms with Crippen molar-refractivity contribution in [2.45, 2.75) is 45.8 Å². The first-order chi connectivity index (χ1) is 15.0. The van der Waals surface area contributed by atoms with Gasteiger partial charge in [-0.2, -0.15) is 0 Å². The number of aryl methyl sites for hydroxylation is 2. The molecule has 4 rings (SSSR count). The average Bonchev–Trinajstić information content (AvgIpc) is 2.78. The first-order valence-corrected chi connectivity index (χ1v) is 10.9. The van der Waals surface area contributed by atoms with E-state index < -0.39 is 0 Å². The van der Waals surface area contributed by atoms with E-state index in [9.17, 15) is 4.79 Å². The Hall–Kier alpha value is -2.77. The van der Waals surface area contributed by atoms with Crippen LogP contribution in [-0.2, 0) is 13.1 Å². The highest BCUT2D eigenvalue weighted by molar-refractivity contribution is 5.74. The first-order valence-electron chi connectivity index (χ1n) is 10.9. The van der Waals surface area contributed by atoms with E-state index in [2.05, 4.69) is 32.3 Å². The zero-order chi connectivity index (χ0) is 21.8. The fourth-order valence-electron chi connectivity index (χ4n) is 4.26. The summed E-state index contributed by atoms with van der Waals surface area (Å²) in [5, 5.41) is 3.64. The van der Waals surface area contributed by atoms with Crippen molar-refractivity contribution in [3.8, 4) is 5.75 Å². The maximum atomic E-state index is 12.4. The molecule has 0 unspecified atom stereocenters. The Morgan fingerprint density at radius 3 is 2.65 bits per heavy atom. The van der Waals surface area contributed by atoms with Crippen LogP contribution in [0.4, 0.5) is 0 Å². The highest BCUT2D eigenvalue weighted by Crippen LogP contribution is 2.17. The predicted octanol–water partition coefficient (Wildman–Crippen LogP) is 2.67. The molecule has 164 valence electrons. The lowest BCUT2D eigenvalue weighted by molar-refractivity contribution is 0.191. The highest BCUT2D eigenvalue weighted by Gasteiger charge is 2.19. The number of rotatable bonds is 7. The molecule has 1 N–H and O–H groups in total. The molecule has 0 amide bonds. The number of hydrogen-bond acceptors (Lipinski definition) is 6. The van der Waals surface area contributed by atoms with Gasteiger partial charge in [-0.05, 0) is 69.1 Å². The average molecular weight is 422 g/mol. The highest BCUT2D eigenvalue weighted by atomic mass is 16.5. The number of fused-ring (bicyclic) bond motifs is 1. The number of aromatic nitrogens is 3. The first kappa shape index (κ1) is 21.5. The molecule has 1 aliphatic rings. The third-order valence-corrected chi connectivity index (χ3v) is 6.11. The Kier molecular flexibility index (Phi) is 6.63. The Morgan fingerprint density at radius 1 is 1.10 bits per heavy atom. The summed E-state index contributed by atoms with van der Waals surface area (Å²) in [5.41, 5.74) is 5.05. The van der Waals surface area contributed by atoms with Gasteiger partial charge >= 0.3 is 0 Å². The van der Waals surface area contributed by atoms with Gasteiger partial charge in [0.1, 0.15) is 5.75 Å². The summed E-state index contributed by atoms with van der Waals surface area (Å²) in [5.74, 6) is 0.827. The second-order valence-electron chi connectivity index (χ2n) is 8.38. The molecule has 7 heteroatoms. The molecule has 0 spiro atoms. The van der Waals surface area contributed by atoms with Crippen LogP contribution in [0.1, 0.15) is 29.7 Å². The molecule has 0 radical (unpaired) electrons. The van der Waals surface area contributed by atoms with Gasteiger partial charge in [-0.25, -0.2) is 0 Å². The number of ether oxygens (including phenoxy) is 1. The van der Waals surface area contributed by atoms with Gasteiger partial charge in [0.2, 0.25) is 0 Å². The van der Waals surface area contributed by atoms with Crippen LogP contribution in [0.5, 0.6) is 5.75 Å². The van der Waals surface area contributed by atoms with Gasteiger partial charge in [0, 0.05) is 37.9 Å². The van der Waals surface area contributed by atoms with Gasteiger partial charge in [0.15, 0.2) is 0 Å². The second kappa shape index (κ2) is 9.58. The van der Waals surface area contributed by atoms with Crippen molar-refractivity contribution in [1.82, 2.24) is 24.8 Å². The molecule has 0 aliphatic carbocycles. The molecule has 1 aliphatic heterocycles. The molecule has 0 atom stereocenters. The van der Waals surface area contributed by atoms with Crippen LogP contribution in [0.3, 0.4) is 0 Å². The summed E-state index contributed by atoms with van der Waals surface area (Å²) < 4.78 is 7.14. The van der Waals surface area contributed by atoms with Crippen LogP contribution >= 0.6 is 0 Å². The van der Waals surface area contributed by atoms with Gasteiger partial charge in [-0.1, -0.05) is 0 Å². The van der Waals surface area contributed by atoms with Gasteiger partial charge in [0.25, 0.3) is 5.56 Å². The summed E-state index contributed by atoms with van der Waals surface area (Å²) in [7, 11) is 1.67. The van der Waals surface area contributed by atoms with Crippen LogP contribution in [0.15, 0.2) is 41.5 Å². The lowest BCUT2D eigenvalue weighted by Crippen LogP contribution is -2.43. The van der Waals surface area contributed by atoms with E-state index in [4.69, 9.17) is 4.74 Å². The lowest BCUT2D eigenvalue weighted by atomic mass is 10.0. The van der Waals surface area contributed by atoms with Crippen molar-refractivity contribution in [1.29, 1.82) is 0 Å². The molecule has 0 bridgehead atoms. The molecular weight excluding hydrogens is 390 g/mol. The largest absolute Gasteiger partial charge is 0.495 e. The molecule has 1 fully saturated rings. The Labute approximate surface area is 183 Å². The van der Waals surface area contributed by atoms with Gasteiger partial charge in [-0.15, -0.1) is 0 Å². The molecule has 31 heavy (non-hydrogen) atoms. The SMILES string of the molecule is COc1cnc(CNC2CCN(CCn3c(=O)ccc4ncc(C)cc43)CC2)cc1C. The van der Waals surface area contributed by atoms with Crippen molar-refractivity contribution < 1.29 is 4.74 Å². The van der Waals surface area contributed by atoms with Crippen molar-refractivity contribution in [3.63, 3.8) is 0 Å². The zero-order valence-electron chi connectivity index (χ0n) is 18.6. The van der Waals surface area contributed by atoms with Crippen LogP contribution in [0, 0.1) is 13.8 Å². The molecule has 1 saturated heterocycles. The smallest absolute Gasteiger partial charge is 0.251 e. The topological polar surface area (TPSA) is 72.3 Å². The Morgan fingerprint density at radius 2 is 1.90 bits per heavy atom. The van der Waals surface area contributed by atoms with E-state index in [0.717, 1.165) is 72.6 Å². The molecule has 3 aromatic heterocycles. The van der Waals surface area contributed by atoms with Crippen molar-refractivity contribution in [2.24, 2.45) is 0 Å². The van der Waals surface area contributed by atoms with E-state index in [1.807, 2.05) is 30.7 Å². The maximum absolute atomic E-state index is 12.4. The normalized spacial score (nSPS) is 15.5. The summed E-state index contributed by atoms with van der Waals surface area (Å²) in [6.45, 7) is 8.45. The van der Waals surface area contributed by atoms with Crippen LogP contribution in [-0.4, -0.2) is 52.2 Å². The molecular formula is C24H31N5O2. The number of nitrogens with zero attached hydrogens (tertiary/aromatic N) is 4. The van der Waals surface area contributed by atoms with Crippen LogP contribution < -0.4 is 15.6 Å². The third-order valence-electron chi connectivity index (χ3n) is 6.11. The number of pyridine rings is 3. The summed E-state index contributed by atoms with van der Waals surface area (Å²) in [6.07, 6.45) is 5.83. The number of hydrogen-bond donors (Lipinski definition) is 1. The van der Waals surface area contributed by atoms with Gasteiger partial charge in [0.05, 0.1) is 30.0 Å². The molecule has 4 heterocycles. The summed E-state index contributed by atoms with van der Waals surface area (Å²) >= 11 is 0. The number of nitrogens with one attached hydrogen (secondary N) is 1. The van der Waals surface area contributed by atoms with E-state index in [0.29, 0.717) is 12.6 Å². The minimum atomic E-state index is 0.0405. The number of likely N-dealkylation sites (tertiary alicyclic amines) is 1. The van der Waals surface area contributed by atoms with E-state index in [1.54, 1.807) is 19.4 Å². The fourth-order valence-corrected chi connectivity index (χ4v) is 4.26. The molecule has 0 saturated carbocycles. The fraction of sp³-hybridized carbons (Fsp3) is 0.458. The van der Waals surface area contributed by atoms with Crippen molar-refractivity contribution in [3.05, 3.63) is 63.8 Å². The molecule has 3 aromatic rings. The standard InChI is InChI=1S/C24H31N5O2/c1-17-12-22-21(27-14-17)4-5-24(30)29(22)11-10-28-8-6-19(7-9-28)25-15-20-13-18(2)23(31-3)16-26-20/h4-5,12-14,16,19,25H,6-11,15H2,1-3H3. The number of piperidine rings is 1. The summed E-state index contributed by atoms with van der Waals surface area (Å²) in [4.78, 5) is 23.8. The van der Waals surface area contributed by atoms with Crippen molar-refractivity contribution in [2.75, 3.05) is 26.7 Å². The third kappa shape index (κ3) is 5.11.